The minimum Gasteiger partial charge on any atom is 0 e. The standard InChI is InChI=1S/La.O.Sn.Sr. The maximum absolute atomic E-state index is 8.34. The van der Waals surface area contributed by atoms with Gasteiger partial charge >= 0.3 is 25.6 Å². The maximum Gasteiger partial charge on any atom is 0 e. The first kappa shape index (κ1) is 15.7. The molecule has 0 fully saturated rings. The average Bonchev–Trinajstić information content (AvgIpc) is 1.00. The Morgan fingerprint density at radius 1 is 1.25 bits per heavy atom. The van der Waals surface area contributed by atoms with Gasteiger partial charge in [-0.25, -0.2) is 0 Å². The third-order valence-electron chi connectivity index (χ3n) is 0. The second-order valence-electron chi connectivity index (χ2n) is 0. The fourth-order valence-corrected chi connectivity index (χ4v) is 0. The molecule has 0 aromatic carbocycles. The third-order valence-corrected chi connectivity index (χ3v) is 0. The molecule has 0 saturated heterocycles. The van der Waals surface area contributed by atoms with Crippen LogP contribution in [0.2, 0.25) is 0 Å². The van der Waals surface area contributed by atoms with Gasteiger partial charge in [0, 0.05) is 81.1 Å². The monoisotopic (exact) mass is 363 g/mol. The Morgan fingerprint density at radius 2 is 1.25 bits per heavy atom. The minimum absolute atomic E-state index is 0. The Bertz CT molecular complexity index is 8.00. The van der Waals surface area contributed by atoms with Crippen molar-refractivity contribution in [1.29, 1.82) is 0 Å². The van der Waals surface area contributed by atoms with Gasteiger partial charge in [-0.15, -0.1) is 0 Å². The molecule has 0 aromatic heterocycles. The minimum atomic E-state index is 0. The zero-order valence-corrected chi connectivity index (χ0v) is 12.1. The van der Waals surface area contributed by atoms with E-state index in [9.17, 15) is 0 Å². The predicted octanol–water partition coefficient (Wildman–Crippen LogP) is -0.880. The van der Waals surface area contributed by atoms with Crippen molar-refractivity contribution < 1.29 is 38.7 Å². The molecule has 0 heterocycles. The maximum atomic E-state index is 8.34. The Balaban J connectivity index is -0.00000000500. The molecule has 4 heteroatoms. The molecule has 1 nitrogen and oxygen atoms in total. The molecule has 0 aliphatic rings. The molecule has 0 aliphatic heterocycles. The fraction of sp³-hybridized carbons (Fsp3) is 0. The van der Waals surface area contributed by atoms with Gasteiger partial charge in [0.2, 0.25) is 0 Å². The van der Waals surface area contributed by atoms with Crippen molar-refractivity contribution in [3.05, 3.63) is 0 Å². The molecule has 0 bridgehead atoms. The zero-order chi connectivity index (χ0) is 2.00. The van der Waals surface area contributed by atoms with E-state index in [0.717, 1.165) is 0 Å². The van der Waals surface area contributed by atoms with Gasteiger partial charge in [-0.1, -0.05) is 0 Å². The van der Waals surface area contributed by atoms with Crippen molar-refractivity contribution in [2.45, 2.75) is 0 Å². The number of rotatable bonds is 0. The van der Waals surface area contributed by atoms with E-state index in [2.05, 4.69) is 0 Å². The SMILES string of the molecule is [La].[O]=[Sn].[Sr]. The molecule has 0 aromatic rings. The topological polar surface area (TPSA) is 17.1 Å². The predicted molar refractivity (Wildman–Crippen MR) is 12.2 cm³/mol. The molecule has 0 N–H and O–H groups in total. The van der Waals surface area contributed by atoms with Crippen LogP contribution < -0.4 is 0 Å². The molecule has 5 radical (unpaired) electrons. The number of hydrogen-bond acceptors (Lipinski definition) is 1. The van der Waals surface area contributed by atoms with Crippen LogP contribution in [0.4, 0.5) is 0 Å². The smallest absolute Gasteiger partial charge is 0 e. The van der Waals surface area contributed by atoms with Crippen molar-refractivity contribution in [3.63, 3.8) is 0 Å². The van der Waals surface area contributed by atoms with Crippen molar-refractivity contribution in [2.75, 3.05) is 0 Å². The van der Waals surface area contributed by atoms with Gasteiger partial charge in [0.15, 0.2) is 0 Å². The van der Waals surface area contributed by atoms with E-state index in [4.69, 9.17) is 3.08 Å². The van der Waals surface area contributed by atoms with Gasteiger partial charge in [-0.2, -0.15) is 0 Å². The van der Waals surface area contributed by atoms with Crippen LogP contribution in [0.1, 0.15) is 0 Å². The summed E-state index contributed by atoms with van der Waals surface area (Å²) >= 11 is 0.300. The van der Waals surface area contributed by atoms with Crippen LogP contribution in [-0.2, 0) is 3.08 Å². The Labute approximate surface area is 104 Å². The second kappa shape index (κ2) is 16.3. The van der Waals surface area contributed by atoms with E-state index in [1.54, 1.807) is 0 Å². The van der Waals surface area contributed by atoms with E-state index in [-0.39, 0.29) is 81.1 Å². The van der Waals surface area contributed by atoms with Crippen molar-refractivity contribution >= 4 is 68.0 Å². The van der Waals surface area contributed by atoms with Gasteiger partial charge < -0.3 is 0 Å². The van der Waals surface area contributed by atoms with Gasteiger partial charge in [-0.05, 0) is 0 Å². The van der Waals surface area contributed by atoms with Crippen LogP contribution >= 0.6 is 0 Å². The van der Waals surface area contributed by atoms with Crippen LogP contribution in [0.5, 0.6) is 0 Å². The first-order chi connectivity index (χ1) is 1.00. The average molecular weight is 361 g/mol. The van der Waals surface area contributed by atoms with Gasteiger partial charge in [0.1, 0.15) is 0 Å². The summed E-state index contributed by atoms with van der Waals surface area (Å²) in [4.78, 5) is 0. The Morgan fingerprint density at radius 3 is 1.25 bits per heavy atom. The van der Waals surface area contributed by atoms with Gasteiger partial charge in [-0.3, -0.25) is 0 Å². The zero-order valence-electron chi connectivity index (χ0n) is 2.19. The molecule has 0 atom stereocenters. The van der Waals surface area contributed by atoms with Crippen molar-refractivity contribution in [3.8, 4) is 0 Å². The molecule has 0 amide bonds. The van der Waals surface area contributed by atoms with Crippen LogP contribution in [0.25, 0.3) is 0 Å². The van der Waals surface area contributed by atoms with E-state index < -0.39 is 0 Å². The molecule has 0 unspecified atom stereocenters. The normalized spacial score (nSPS) is 1.00. The molecule has 15 valence electrons. The summed E-state index contributed by atoms with van der Waals surface area (Å²) in [7, 11) is 0. The molecular weight excluding hydrogens is 361 g/mol. The summed E-state index contributed by atoms with van der Waals surface area (Å²) < 4.78 is 8.34. The summed E-state index contributed by atoms with van der Waals surface area (Å²) in [6.07, 6.45) is 0. The van der Waals surface area contributed by atoms with Crippen LogP contribution in [0.15, 0.2) is 0 Å². The Hall–Kier alpha value is 3.27. The van der Waals surface area contributed by atoms with Crippen molar-refractivity contribution in [1.82, 2.24) is 0 Å². The second-order valence-corrected chi connectivity index (χ2v) is 0. The van der Waals surface area contributed by atoms with Gasteiger partial charge in [0.05, 0.1) is 0 Å². The molecule has 0 rings (SSSR count). The van der Waals surface area contributed by atoms with E-state index in [1.807, 2.05) is 0 Å². The largest absolute Gasteiger partial charge is 0 e. The van der Waals surface area contributed by atoms with Crippen LogP contribution in [-0.4, -0.2) is 68.0 Å². The summed E-state index contributed by atoms with van der Waals surface area (Å²) in [6.45, 7) is 0. The summed E-state index contributed by atoms with van der Waals surface area (Å²) in [5, 5.41) is 0. The molecular formula is LaOSnSr. The third kappa shape index (κ3) is 8.99. The summed E-state index contributed by atoms with van der Waals surface area (Å²) in [6, 6.07) is 0. The summed E-state index contributed by atoms with van der Waals surface area (Å²) in [5.74, 6) is 0. The number of hydrogen-bond donors (Lipinski definition) is 0. The molecule has 0 saturated carbocycles. The van der Waals surface area contributed by atoms with E-state index in [1.165, 1.54) is 0 Å². The van der Waals surface area contributed by atoms with Crippen LogP contribution in [0, 0.1) is 35.6 Å². The first-order valence-electron chi connectivity index (χ1n) is 0.204. The van der Waals surface area contributed by atoms with Gasteiger partial charge in [0.25, 0.3) is 0 Å². The molecule has 4 heavy (non-hydrogen) atoms. The summed E-state index contributed by atoms with van der Waals surface area (Å²) in [5.41, 5.74) is 0. The quantitative estimate of drug-likeness (QED) is 0.513. The molecule has 0 aliphatic carbocycles. The van der Waals surface area contributed by atoms with E-state index in [0.29, 0.717) is 22.5 Å². The Kier molecular flexibility index (Phi) is 63.8. The molecule has 0 spiro atoms. The van der Waals surface area contributed by atoms with E-state index >= 15 is 0 Å². The first-order valence-corrected chi connectivity index (χ1v) is 1.37. The van der Waals surface area contributed by atoms with Crippen LogP contribution in [0.3, 0.4) is 0 Å². The van der Waals surface area contributed by atoms with Crippen molar-refractivity contribution in [2.24, 2.45) is 0 Å². The fourth-order valence-electron chi connectivity index (χ4n) is 0.